The van der Waals surface area contributed by atoms with E-state index in [0.717, 1.165) is 25.1 Å². The molecule has 5 nitrogen and oxygen atoms in total. The molecule has 0 aromatic carbocycles. The number of hydrogen-bond acceptors (Lipinski definition) is 4. The second kappa shape index (κ2) is 5.57. The number of piperidine rings is 1. The van der Waals surface area contributed by atoms with Crippen LogP contribution in [0, 0.1) is 12.8 Å². The normalized spacial score (nSPS) is 20.7. The second-order valence-electron chi connectivity index (χ2n) is 5.05. The first-order chi connectivity index (χ1) is 9.01. The number of nitrogens with zero attached hydrogens (tertiary/aromatic N) is 1. The first-order valence-electron chi connectivity index (χ1n) is 6.59. The van der Waals surface area contributed by atoms with E-state index in [1.165, 1.54) is 0 Å². The third kappa shape index (κ3) is 3.04. The van der Waals surface area contributed by atoms with Crippen molar-refractivity contribution in [3.8, 4) is 0 Å². The van der Waals surface area contributed by atoms with Crippen LogP contribution in [-0.2, 0) is 11.3 Å². The van der Waals surface area contributed by atoms with E-state index < -0.39 is 5.97 Å². The zero-order chi connectivity index (χ0) is 14.0. The van der Waals surface area contributed by atoms with Crippen molar-refractivity contribution in [1.82, 2.24) is 4.90 Å². The summed E-state index contributed by atoms with van der Waals surface area (Å²) in [6.45, 7) is 5.93. The summed E-state index contributed by atoms with van der Waals surface area (Å²) in [5.74, 6) is 0.0263. The maximum Gasteiger partial charge on any atom is 0.371 e. The molecule has 0 radical (unpaired) electrons. The molecule has 19 heavy (non-hydrogen) atoms. The van der Waals surface area contributed by atoms with E-state index in [-0.39, 0.29) is 11.7 Å². The summed E-state index contributed by atoms with van der Waals surface area (Å²) in [5.41, 5.74) is 0.890. The Kier molecular flexibility index (Phi) is 4.04. The molecule has 1 unspecified atom stereocenters. The number of furan rings is 1. The molecular weight excluding hydrogens is 246 g/mol. The van der Waals surface area contributed by atoms with Crippen molar-refractivity contribution in [2.24, 2.45) is 5.92 Å². The summed E-state index contributed by atoms with van der Waals surface area (Å²) in [7, 11) is 0. The van der Waals surface area contributed by atoms with E-state index in [0.29, 0.717) is 24.5 Å². The van der Waals surface area contributed by atoms with Crippen molar-refractivity contribution >= 4 is 11.8 Å². The van der Waals surface area contributed by atoms with Gasteiger partial charge in [0.2, 0.25) is 5.76 Å². The molecule has 104 valence electrons. The van der Waals surface area contributed by atoms with E-state index in [2.05, 4.69) is 4.90 Å². The van der Waals surface area contributed by atoms with Crippen LogP contribution in [0.25, 0.3) is 0 Å². The predicted octanol–water partition coefficient (Wildman–Crippen LogP) is 2.09. The quantitative estimate of drug-likeness (QED) is 0.902. The van der Waals surface area contributed by atoms with E-state index in [9.17, 15) is 9.59 Å². The molecule has 0 bridgehead atoms. The van der Waals surface area contributed by atoms with Crippen LogP contribution in [0.15, 0.2) is 10.5 Å². The molecule has 0 saturated carbocycles. The Balaban J connectivity index is 2.05. The maximum absolute atomic E-state index is 11.7. The van der Waals surface area contributed by atoms with Gasteiger partial charge in [-0.15, -0.1) is 0 Å². The number of aromatic carboxylic acids is 1. The molecule has 1 aliphatic rings. The van der Waals surface area contributed by atoms with Crippen LogP contribution in [-0.4, -0.2) is 34.8 Å². The van der Waals surface area contributed by atoms with Crippen molar-refractivity contribution in [3.63, 3.8) is 0 Å². The number of carboxylic acids is 1. The molecule has 1 aromatic heterocycles. The van der Waals surface area contributed by atoms with Crippen LogP contribution >= 0.6 is 0 Å². The Morgan fingerprint density at radius 1 is 1.58 bits per heavy atom. The highest BCUT2D eigenvalue weighted by Crippen LogP contribution is 2.21. The third-order valence-electron chi connectivity index (χ3n) is 3.73. The fourth-order valence-corrected chi connectivity index (χ4v) is 2.50. The highest BCUT2D eigenvalue weighted by Gasteiger charge is 2.26. The first kappa shape index (κ1) is 13.8. The lowest BCUT2D eigenvalue weighted by atomic mass is 9.94. The van der Waals surface area contributed by atoms with Crippen molar-refractivity contribution in [2.75, 3.05) is 13.1 Å². The molecule has 5 heteroatoms. The molecule has 1 atom stereocenters. The summed E-state index contributed by atoms with van der Waals surface area (Å²) in [6.07, 6.45) is 1.45. The van der Waals surface area contributed by atoms with E-state index in [1.807, 2.05) is 6.92 Å². The van der Waals surface area contributed by atoms with Crippen LogP contribution in [0.5, 0.6) is 0 Å². The average molecular weight is 265 g/mol. The van der Waals surface area contributed by atoms with Crippen molar-refractivity contribution in [2.45, 2.75) is 33.2 Å². The molecule has 1 saturated heterocycles. The van der Waals surface area contributed by atoms with Crippen LogP contribution in [0.1, 0.15) is 41.6 Å². The van der Waals surface area contributed by atoms with Crippen LogP contribution in [0.3, 0.4) is 0 Å². The molecule has 0 amide bonds. The monoisotopic (exact) mass is 265 g/mol. The Morgan fingerprint density at radius 3 is 2.89 bits per heavy atom. The molecular formula is C14H19NO4. The van der Waals surface area contributed by atoms with Crippen LogP contribution < -0.4 is 0 Å². The summed E-state index contributed by atoms with van der Waals surface area (Å²) in [4.78, 5) is 24.7. The predicted molar refractivity (Wildman–Crippen MR) is 69.1 cm³/mol. The Morgan fingerprint density at radius 2 is 2.32 bits per heavy atom. The molecule has 1 N–H and O–H groups in total. The summed E-state index contributed by atoms with van der Waals surface area (Å²) >= 11 is 0. The number of carbonyl (C=O) groups excluding carboxylic acids is 1. The lowest BCUT2D eigenvalue weighted by molar-refractivity contribution is -0.126. The molecule has 1 aromatic rings. The number of likely N-dealkylation sites (tertiary alicyclic amines) is 1. The third-order valence-corrected chi connectivity index (χ3v) is 3.73. The summed E-state index contributed by atoms with van der Waals surface area (Å²) < 4.78 is 5.20. The van der Waals surface area contributed by atoms with Gasteiger partial charge in [-0.05, 0) is 19.4 Å². The number of carboxylic acid groups (broad SMARTS) is 1. The minimum absolute atomic E-state index is 0.0207. The fourth-order valence-electron chi connectivity index (χ4n) is 2.50. The number of carbonyl (C=O) groups is 2. The second-order valence-corrected chi connectivity index (χ2v) is 5.05. The minimum atomic E-state index is -1.05. The molecule has 2 heterocycles. The van der Waals surface area contributed by atoms with Crippen molar-refractivity contribution < 1.29 is 19.1 Å². The number of aryl methyl sites for hydroxylation is 1. The standard InChI is InChI=1S/C14H19NO4/c1-3-10-7-15(5-4-12(10)16)8-11-6-13(14(17)18)19-9(11)2/h6,10H,3-5,7-8H2,1-2H3,(H,17,18). The topological polar surface area (TPSA) is 70.8 Å². The van der Waals surface area contributed by atoms with Gasteiger partial charge in [0, 0.05) is 37.5 Å². The van der Waals surface area contributed by atoms with Gasteiger partial charge >= 0.3 is 5.97 Å². The van der Waals surface area contributed by atoms with Gasteiger partial charge < -0.3 is 9.52 Å². The number of ketones is 1. The minimum Gasteiger partial charge on any atom is -0.475 e. The highest BCUT2D eigenvalue weighted by molar-refractivity contribution is 5.84. The molecule has 1 aliphatic heterocycles. The first-order valence-corrected chi connectivity index (χ1v) is 6.59. The van der Waals surface area contributed by atoms with Gasteiger partial charge in [0.25, 0.3) is 0 Å². The fraction of sp³-hybridized carbons (Fsp3) is 0.571. The number of rotatable bonds is 4. The van der Waals surface area contributed by atoms with Gasteiger partial charge in [0.15, 0.2) is 0 Å². The van der Waals surface area contributed by atoms with Gasteiger partial charge in [-0.1, -0.05) is 6.92 Å². The van der Waals surface area contributed by atoms with Crippen molar-refractivity contribution in [1.29, 1.82) is 0 Å². The lowest BCUT2D eigenvalue weighted by Gasteiger charge is -2.31. The number of Topliss-reactive ketones (excluding diaryl/α,β-unsaturated/α-hetero) is 1. The maximum atomic E-state index is 11.7. The Hall–Kier alpha value is -1.62. The molecule has 0 aliphatic carbocycles. The number of hydrogen-bond donors (Lipinski definition) is 1. The zero-order valence-corrected chi connectivity index (χ0v) is 11.3. The lowest BCUT2D eigenvalue weighted by Crippen LogP contribution is -2.40. The molecule has 0 spiro atoms. The van der Waals surface area contributed by atoms with Gasteiger partial charge in [0.05, 0.1) is 0 Å². The zero-order valence-electron chi connectivity index (χ0n) is 11.3. The average Bonchev–Trinajstić information content (AvgIpc) is 2.73. The van der Waals surface area contributed by atoms with Gasteiger partial charge in [-0.3, -0.25) is 9.69 Å². The Labute approximate surface area is 112 Å². The van der Waals surface area contributed by atoms with E-state index in [1.54, 1.807) is 13.0 Å². The van der Waals surface area contributed by atoms with Gasteiger partial charge in [-0.2, -0.15) is 0 Å². The van der Waals surface area contributed by atoms with Crippen molar-refractivity contribution in [3.05, 3.63) is 23.2 Å². The van der Waals surface area contributed by atoms with Crippen LogP contribution in [0.2, 0.25) is 0 Å². The van der Waals surface area contributed by atoms with Gasteiger partial charge in [-0.25, -0.2) is 4.79 Å². The van der Waals surface area contributed by atoms with Crippen LogP contribution in [0.4, 0.5) is 0 Å². The Bertz CT molecular complexity index is 492. The highest BCUT2D eigenvalue weighted by atomic mass is 16.4. The van der Waals surface area contributed by atoms with E-state index in [4.69, 9.17) is 9.52 Å². The molecule has 2 rings (SSSR count). The SMILES string of the molecule is CCC1CN(Cc2cc(C(=O)O)oc2C)CCC1=O. The summed E-state index contributed by atoms with van der Waals surface area (Å²) in [6, 6.07) is 1.58. The van der Waals surface area contributed by atoms with Gasteiger partial charge in [0.1, 0.15) is 11.5 Å². The van der Waals surface area contributed by atoms with E-state index >= 15 is 0 Å². The summed E-state index contributed by atoms with van der Waals surface area (Å²) in [5, 5.41) is 8.89. The smallest absolute Gasteiger partial charge is 0.371 e. The molecule has 1 fully saturated rings. The largest absolute Gasteiger partial charge is 0.475 e.